The summed E-state index contributed by atoms with van der Waals surface area (Å²) in [5.74, 6) is 0.967. The summed E-state index contributed by atoms with van der Waals surface area (Å²) in [6.07, 6.45) is 2.82. The third-order valence-electron chi connectivity index (χ3n) is 2.80. The molecule has 2 aromatic rings. The number of hydrogen-bond donors (Lipinski definition) is 2. The van der Waals surface area contributed by atoms with Crippen LogP contribution in [0.3, 0.4) is 0 Å². The van der Waals surface area contributed by atoms with Crippen LogP contribution in [0, 0.1) is 0 Å². The molecule has 0 spiro atoms. The third-order valence-corrected chi connectivity index (χ3v) is 3.46. The first-order valence-electron chi connectivity index (χ1n) is 6.98. The molecule has 2 N–H and O–H groups in total. The molecule has 0 aliphatic carbocycles. The molecule has 0 saturated heterocycles. The molecule has 128 valence electrons. The molecule has 7 nitrogen and oxygen atoms in total. The molecule has 0 saturated carbocycles. The van der Waals surface area contributed by atoms with Crippen molar-refractivity contribution in [1.82, 2.24) is 10.2 Å². The number of anilines is 1. The average Bonchev–Trinajstić information content (AvgIpc) is 2.53. The van der Waals surface area contributed by atoms with Crippen molar-refractivity contribution in [2.75, 3.05) is 12.5 Å². The number of benzene rings is 1. The molecule has 24 heavy (non-hydrogen) atoms. The summed E-state index contributed by atoms with van der Waals surface area (Å²) in [6.45, 7) is 3.79. The second kappa shape index (κ2) is 8.03. The molecule has 1 aromatic carbocycles. The number of hydrazone groups is 1. The van der Waals surface area contributed by atoms with Crippen LogP contribution in [-0.2, 0) is 0 Å². The zero-order valence-corrected chi connectivity index (χ0v) is 14.8. The Morgan fingerprint density at radius 3 is 2.79 bits per heavy atom. The topological polar surface area (TPSA) is 88.6 Å². The van der Waals surface area contributed by atoms with Crippen molar-refractivity contribution in [3.05, 3.63) is 44.3 Å². The van der Waals surface area contributed by atoms with Gasteiger partial charge in [0.25, 0.3) is 5.56 Å². The third kappa shape index (κ3) is 4.39. The minimum absolute atomic E-state index is 0.0292. The van der Waals surface area contributed by atoms with E-state index in [2.05, 4.69) is 20.7 Å². The van der Waals surface area contributed by atoms with Crippen molar-refractivity contribution >= 4 is 35.1 Å². The molecule has 1 heterocycles. The van der Waals surface area contributed by atoms with Gasteiger partial charge in [0.2, 0.25) is 0 Å². The quantitative estimate of drug-likeness (QED) is 0.601. The molecule has 0 unspecified atom stereocenters. The van der Waals surface area contributed by atoms with Crippen LogP contribution in [0.4, 0.5) is 5.69 Å². The van der Waals surface area contributed by atoms with E-state index in [1.807, 2.05) is 13.8 Å². The number of methoxy groups -OCH3 is 1. The van der Waals surface area contributed by atoms with Gasteiger partial charge in [-0.25, -0.2) is 5.10 Å². The smallest absolute Gasteiger partial charge is 0.285 e. The molecular weight excluding hydrogens is 355 g/mol. The molecule has 0 fully saturated rings. The van der Waals surface area contributed by atoms with Gasteiger partial charge in [0.1, 0.15) is 10.7 Å². The van der Waals surface area contributed by atoms with E-state index in [1.54, 1.807) is 12.1 Å². The fraction of sp³-hybridized carbons (Fsp3) is 0.267. The van der Waals surface area contributed by atoms with Crippen LogP contribution >= 0.6 is 23.2 Å². The van der Waals surface area contributed by atoms with Crippen molar-refractivity contribution in [1.29, 1.82) is 0 Å². The van der Waals surface area contributed by atoms with E-state index in [0.29, 0.717) is 22.1 Å². The summed E-state index contributed by atoms with van der Waals surface area (Å²) in [5, 5.41) is 10.2. The predicted octanol–water partition coefficient (Wildman–Crippen LogP) is 3.32. The Morgan fingerprint density at radius 2 is 2.12 bits per heavy atom. The summed E-state index contributed by atoms with van der Waals surface area (Å²) in [7, 11) is 1.53. The maximum absolute atomic E-state index is 11.3. The van der Waals surface area contributed by atoms with Crippen LogP contribution in [0.25, 0.3) is 0 Å². The average molecular weight is 371 g/mol. The van der Waals surface area contributed by atoms with Crippen molar-refractivity contribution in [2.45, 2.75) is 20.0 Å². The molecule has 0 radical (unpaired) electrons. The first kappa shape index (κ1) is 18.1. The maximum Gasteiger partial charge on any atom is 0.285 e. The Balaban J connectivity index is 2.22. The van der Waals surface area contributed by atoms with Crippen molar-refractivity contribution in [3.63, 3.8) is 0 Å². The van der Waals surface area contributed by atoms with Gasteiger partial charge in [-0.2, -0.15) is 10.2 Å². The van der Waals surface area contributed by atoms with E-state index in [9.17, 15) is 4.79 Å². The normalized spacial score (nSPS) is 11.1. The van der Waals surface area contributed by atoms with E-state index in [4.69, 9.17) is 32.7 Å². The fourth-order valence-corrected chi connectivity index (χ4v) is 2.20. The summed E-state index contributed by atoms with van der Waals surface area (Å²) in [4.78, 5) is 11.3. The highest BCUT2D eigenvalue weighted by Gasteiger charge is 2.13. The monoisotopic (exact) mass is 370 g/mol. The van der Waals surface area contributed by atoms with Crippen molar-refractivity contribution in [2.24, 2.45) is 5.10 Å². The molecule has 1 aromatic heterocycles. The van der Waals surface area contributed by atoms with Crippen LogP contribution < -0.4 is 20.5 Å². The highest BCUT2D eigenvalue weighted by molar-refractivity contribution is 6.33. The van der Waals surface area contributed by atoms with E-state index >= 15 is 0 Å². The lowest BCUT2D eigenvalue weighted by Gasteiger charge is -2.15. The lowest BCUT2D eigenvalue weighted by molar-refractivity contribution is 0.230. The van der Waals surface area contributed by atoms with Crippen LogP contribution in [0.1, 0.15) is 19.4 Å². The number of aromatic nitrogens is 2. The number of nitrogens with zero attached hydrogens (tertiary/aromatic N) is 2. The van der Waals surface area contributed by atoms with Crippen molar-refractivity contribution < 1.29 is 9.47 Å². The van der Waals surface area contributed by atoms with Gasteiger partial charge in [-0.1, -0.05) is 23.2 Å². The van der Waals surface area contributed by atoms with Crippen LogP contribution in [-0.4, -0.2) is 29.6 Å². The van der Waals surface area contributed by atoms with Gasteiger partial charge < -0.3 is 9.47 Å². The maximum atomic E-state index is 11.3. The van der Waals surface area contributed by atoms with Gasteiger partial charge >= 0.3 is 0 Å². The highest BCUT2D eigenvalue weighted by Crippen LogP contribution is 2.36. The molecule has 0 atom stereocenters. The number of rotatable bonds is 6. The Morgan fingerprint density at radius 1 is 1.38 bits per heavy atom. The number of nitrogens with one attached hydrogen (secondary N) is 2. The van der Waals surface area contributed by atoms with Gasteiger partial charge in [-0.05, 0) is 31.5 Å². The minimum Gasteiger partial charge on any atom is -0.493 e. The summed E-state index contributed by atoms with van der Waals surface area (Å²) in [6, 6.07) is 3.41. The number of ether oxygens (including phenoxy) is 2. The number of aromatic amines is 1. The molecule has 0 amide bonds. The summed E-state index contributed by atoms with van der Waals surface area (Å²) < 4.78 is 10.9. The molecule has 9 heteroatoms. The summed E-state index contributed by atoms with van der Waals surface area (Å²) in [5.41, 5.74) is 3.10. The highest BCUT2D eigenvalue weighted by atomic mass is 35.5. The number of halogens is 2. The van der Waals surface area contributed by atoms with Gasteiger partial charge in [0.05, 0.1) is 30.6 Å². The second-order valence-corrected chi connectivity index (χ2v) is 5.78. The molecule has 0 aliphatic heterocycles. The minimum atomic E-state index is -0.503. The van der Waals surface area contributed by atoms with E-state index in [1.165, 1.54) is 19.5 Å². The van der Waals surface area contributed by atoms with E-state index in [0.717, 1.165) is 0 Å². The van der Waals surface area contributed by atoms with Gasteiger partial charge in [0, 0.05) is 0 Å². The zero-order chi connectivity index (χ0) is 17.7. The van der Waals surface area contributed by atoms with Gasteiger partial charge in [-0.3, -0.25) is 10.2 Å². The largest absolute Gasteiger partial charge is 0.493 e. The first-order chi connectivity index (χ1) is 11.4. The molecule has 2 rings (SSSR count). The lowest BCUT2D eigenvalue weighted by Crippen LogP contribution is -2.10. The molecule has 0 bridgehead atoms. The van der Waals surface area contributed by atoms with E-state index in [-0.39, 0.29) is 16.8 Å². The van der Waals surface area contributed by atoms with Crippen molar-refractivity contribution in [3.8, 4) is 11.5 Å². The van der Waals surface area contributed by atoms with Crippen LogP contribution in [0.2, 0.25) is 10.0 Å². The Hall–Kier alpha value is -2.25. The summed E-state index contributed by atoms with van der Waals surface area (Å²) >= 11 is 12.1. The first-order valence-corrected chi connectivity index (χ1v) is 7.74. The van der Waals surface area contributed by atoms with Crippen LogP contribution in [0.5, 0.6) is 11.5 Å². The molecule has 0 aliphatic rings. The second-order valence-electron chi connectivity index (χ2n) is 5.00. The fourth-order valence-electron chi connectivity index (χ4n) is 1.80. The van der Waals surface area contributed by atoms with E-state index < -0.39 is 5.56 Å². The Labute approximate surface area is 148 Å². The predicted molar refractivity (Wildman–Crippen MR) is 94.9 cm³/mol. The lowest BCUT2D eigenvalue weighted by atomic mass is 10.2. The Bertz CT molecular complexity index is 806. The van der Waals surface area contributed by atoms with Gasteiger partial charge in [-0.15, -0.1) is 0 Å². The zero-order valence-electron chi connectivity index (χ0n) is 13.3. The SMILES string of the molecule is COc1cc(/C=N\Nc2cn[nH]c(=O)c2Cl)cc(Cl)c1OC(C)C. The Kier molecular flexibility index (Phi) is 6.05. The standard InChI is InChI=1S/C15H16Cl2N4O3/c1-8(2)24-14-10(16)4-9(5-12(14)23-3)6-18-20-11-7-19-21-15(22)13(11)17/h4-8H,1-3H3,(H2,20,21,22)/b18-6-. The number of H-pyrrole nitrogens is 1. The molecular formula is C15H16Cl2N4O3. The number of hydrogen-bond acceptors (Lipinski definition) is 6. The van der Waals surface area contributed by atoms with Crippen LogP contribution in [0.15, 0.2) is 28.2 Å². The van der Waals surface area contributed by atoms with Gasteiger partial charge in [0.15, 0.2) is 11.5 Å².